The highest BCUT2D eigenvalue weighted by Crippen LogP contribution is 2.38. The third-order valence-corrected chi connectivity index (χ3v) is 5.97. The number of nitrogens with two attached hydrogens (primary N) is 1. The minimum absolute atomic E-state index is 0.200. The Morgan fingerprint density at radius 2 is 1.84 bits per heavy atom. The average molecular weight is 317 g/mol. The van der Waals surface area contributed by atoms with Crippen molar-refractivity contribution in [2.75, 3.05) is 5.75 Å². The molecular weight excluding hydrogens is 302 g/mol. The van der Waals surface area contributed by atoms with E-state index in [0.717, 1.165) is 10.5 Å². The van der Waals surface area contributed by atoms with Gasteiger partial charge in [0.2, 0.25) is 0 Å². The first-order chi connectivity index (χ1) is 8.99. The number of aliphatic hydroxyl groups excluding tert-OH is 3. The minimum atomic E-state index is -1.09. The smallest absolute Gasteiger partial charge is 0.108 e. The van der Waals surface area contributed by atoms with Crippen molar-refractivity contribution in [3.63, 3.8) is 0 Å². The van der Waals surface area contributed by atoms with E-state index in [1.807, 2.05) is 24.3 Å². The zero-order valence-electron chi connectivity index (χ0n) is 9.97. The van der Waals surface area contributed by atoms with Gasteiger partial charge in [0.1, 0.15) is 17.2 Å². The summed E-state index contributed by atoms with van der Waals surface area (Å²) >= 11 is 7.78. The molecule has 0 spiro atoms. The molecule has 5 N–H and O–H groups in total. The van der Waals surface area contributed by atoms with Crippen molar-refractivity contribution in [3.05, 3.63) is 29.8 Å². The van der Waals surface area contributed by atoms with Gasteiger partial charge in [-0.3, -0.25) is 0 Å². The van der Waals surface area contributed by atoms with Crippen molar-refractivity contribution >= 4 is 40.7 Å². The molecule has 104 valence electrons. The summed E-state index contributed by atoms with van der Waals surface area (Å²) in [7, 11) is 0. The van der Waals surface area contributed by atoms with Gasteiger partial charge in [0.05, 0.1) is 10.7 Å². The predicted octanol–water partition coefficient (Wildman–Crippen LogP) is 0.569. The molecule has 1 heterocycles. The molecule has 0 aliphatic carbocycles. The van der Waals surface area contributed by atoms with Crippen LogP contribution >= 0.6 is 35.7 Å². The second kappa shape index (κ2) is 6.43. The van der Waals surface area contributed by atoms with Crippen molar-refractivity contribution < 1.29 is 15.3 Å². The molecule has 4 nitrogen and oxygen atoms in total. The monoisotopic (exact) mass is 317 g/mol. The van der Waals surface area contributed by atoms with Crippen LogP contribution in [0.1, 0.15) is 5.56 Å². The fourth-order valence-electron chi connectivity index (χ4n) is 1.71. The second-order valence-corrected chi connectivity index (χ2v) is 7.38. The Bertz CT molecular complexity index is 454. The van der Waals surface area contributed by atoms with Crippen molar-refractivity contribution in [1.82, 2.24) is 0 Å². The van der Waals surface area contributed by atoms with Crippen molar-refractivity contribution in [2.45, 2.75) is 27.8 Å². The Morgan fingerprint density at radius 1 is 1.21 bits per heavy atom. The molecule has 0 aromatic heterocycles. The third-order valence-electron chi connectivity index (χ3n) is 2.85. The van der Waals surface area contributed by atoms with E-state index in [1.54, 1.807) is 0 Å². The number of hydrogen-bond acceptors (Lipinski definition) is 6. The predicted molar refractivity (Wildman–Crippen MR) is 82.5 cm³/mol. The summed E-state index contributed by atoms with van der Waals surface area (Å²) in [5.74, 6) is 0.418. The normalized spacial score (nSPS) is 31.1. The molecule has 1 saturated heterocycles. The maximum atomic E-state index is 9.92. The molecule has 0 saturated carbocycles. The molecule has 2 rings (SSSR count). The molecule has 19 heavy (non-hydrogen) atoms. The van der Waals surface area contributed by atoms with Crippen LogP contribution in [0, 0.1) is 0 Å². The van der Waals surface area contributed by atoms with E-state index < -0.39 is 18.3 Å². The van der Waals surface area contributed by atoms with Crippen LogP contribution in [0.2, 0.25) is 0 Å². The number of aliphatic hydroxyl groups is 3. The number of rotatable bonds is 3. The highest BCUT2D eigenvalue weighted by atomic mass is 32.2. The van der Waals surface area contributed by atoms with Crippen molar-refractivity contribution in [2.24, 2.45) is 5.73 Å². The fourth-order valence-corrected chi connectivity index (χ4v) is 4.50. The molecule has 0 bridgehead atoms. The summed E-state index contributed by atoms with van der Waals surface area (Å²) in [6.45, 7) is 0. The van der Waals surface area contributed by atoms with Gasteiger partial charge in [-0.1, -0.05) is 24.4 Å². The average Bonchev–Trinajstić information content (AvgIpc) is 2.40. The van der Waals surface area contributed by atoms with Crippen LogP contribution in [0.3, 0.4) is 0 Å². The Labute approximate surface area is 125 Å². The summed E-state index contributed by atoms with van der Waals surface area (Å²) in [4.78, 5) is 1.31. The molecule has 1 aliphatic rings. The summed E-state index contributed by atoms with van der Waals surface area (Å²) in [5.41, 5.74) is 6.32. The second-order valence-electron chi connectivity index (χ2n) is 4.26. The largest absolute Gasteiger partial charge is 0.389 e. The lowest BCUT2D eigenvalue weighted by molar-refractivity contribution is -0.0474. The number of hydrogen-bond donors (Lipinski definition) is 4. The summed E-state index contributed by atoms with van der Waals surface area (Å²) < 4.78 is -0.200. The molecule has 0 unspecified atom stereocenters. The molecule has 0 amide bonds. The Balaban J connectivity index is 2.03. The summed E-state index contributed by atoms with van der Waals surface area (Å²) in [5, 5.41) is 29.0. The van der Waals surface area contributed by atoms with Gasteiger partial charge < -0.3 is 21.1 Å². The topological polar surface area (TPSA) is 86.7 Å². The van der Waals surface area contributed by atoms with Gasteiger partial charge in [0, 0.05) is 16.2 Å². The SMILES string of the molecule is NC(=S)c1ccc(S[C@H]2SC[C@@H](O)[C@H](O)[C@H]2O)cc1. The molecule has 0 radical (unpaired) electrons. The molecule has 1 aromatic carbocycles. The first-order valence-corrected chi connectivity index (χ1v) is 8.05. The van der Waals surface area contributed by atoms with Gasteiger partial charge in [-0.2, -0.15) is 0 Å². The third kappa shape index (κ3) is 3.62. The number of thioether (sulfide) groups is 2. The van der Waals surface area contributed by atoms with E-state index >= 15 is 0 Å². The van der Waals surface area contributed by atoms with Crippen LogP contribution < -0.4 is 5.73 Å². The van der Waals surface area contributed by atoms with Gasteiger partial charge in [-0.05, 0) is 12.1 Å². The maximum Gasteiger partial charge on any atom is 0.108 e. The summed E-state index contributed by atoms with van der Waals surface area (Å²) in [6, 6.07) is 7.42. The van der Waals surface area contributed by atoms with E-state index in [9.17, 15) is 15.3 Å². The summed E-state index contributed by atoms with van der Waals surface area (Å²) in [6.07, 6.45) is -2.91. The molecule has 1 aromatic rings. The van der Waals surface area contributed by atoms with Crippen LogP contribution in [0.25, 0.3) is 0 Å². The van der Waals surface area contributed by atoms with Crippen LogP contribution in [0.4, 0.5) is 0 Å². The molecular formula is C12H15NO3S3. The van der Waals surface area contributed by atoms with E-state index in [2.05, 4.69) is 0 Å². The molecule has 7 heteroatoms. The van der Waals surface area contributed by atoms with Gasteiger partial charge >= 0.3 is 0 Å². The Hall–Kier alpha value is -0.310. The molecule has 1 fully saturated rings. The van der Waals surface area contributed by atoms with Gasteiger partial charge in [0.25, 0.3) is 0 Å². The molecule has 4 atom stereocenters. The number of thiocarbonyl (C=S) groups is 1. The lowest BCUT2D eigenvalue weighted by Crippen LogP contribution is -2.47. The van der Waals surface area contributed by atoms with Crippen molar-refractivity contribution in [1.29, 1.82) is 0 Å². The fraction of sp³-hybridized carbons (Fsp3) is 0.417. The zero-order chi connectivity index (χ0) is 14.0. The lowest BCUT2D eigenvalue weighted by atomic mass is 10.1. The highest BCUT2D eigenvalue weighted by molar-refractivity contribution is 8.17. The first-order valence-electron chi connectivity index (χ1n) is 5.71. The van der Waals surface area contributed by atoms with E-state index in [-0.39, 0.29) is 4.58 Å². The zero-order valence-corrected chi connectivity index (χ0v) is 12.4. The van der Waals surface area contributed by atoms with Gasteiger partial charge in [-0.25, -0.2) is 0 Å². The standard InChI is InChI=1S/C12H15NO3S3/c13-11(17)6-1-3-7(4-2-6)19-12-10(16)9(15)8(14)5-18-12/h1-4,8-10,12,14-16H,5H2,(H2,13,17)/t8-,9+,10-,12-/m1/s1. The van der Waals surface area contributed by atoms with E-state index in [1.165, 1.54) is 23.5 Å². The van der Waals surface area contributed by atoms with E-state index in [0.29, 0.717) is 10.7 Å². The Morgan fingerprint density at radius 3 is 2.42 bits per heavy atom. The van der Waals surface area contributed by atoms with Crippen LogP contribution in [0.5, 0.6) is 0 Å². The van der Waals surface area contributed by atoms with Crippen LogP contribution in [0.15, 0.2) is 29.2 Å². The van der Waals surface area contributed by atoms with Crippen molar-refractivity contribution in [3.8, 4) is 0 Å². The highest BCUT2D eigenvalue weighted by Gasteiger charge is 2.37. The minimum Gasteiger partial charge on any atom is -0.389 e. The maximum absolute atomic E-state index is 9.92. The van der Waals surface area contributed by atoms with Crippen LogP contribution in [-0.2, 0) is 0 Å². The van der Waals surface area contributed by atoms with Gasteiger partial charge in [0.15, 0.2) is 0 Å². The first kappa shape index (κ1) is 15.1. The van der Waals surface area contributed by atoms with Crippen LogP contribution in [-0.4, -0.2) is 49.0 Å². The van der Waals surface area contributed by atoms with E-state index in [4.69, 9.17) is 18.0 Å². The quantitative estimate of drug-likeness (QED) is 0.606. The van der Waals surface area contributed by atoms with Gasteiger partial charge in [-0.15, -0.1) is 23.5 Å². The number of benzene rings is 1. The Kier molecular flexibility index (Phi) is 5.10. The molecule has 1 aliphatic heterocycles. The lowest BCUT2D eigenvalue weighted by Gasteiger charge is -2.34.